The minimum Gasteiger partial charge on any atom is -0.479 e. The molecule has 272 valence electrons. The Labute approximate surface area is 295 Å². The normalized spacial score (nSPS) is 22.2. The average molecular weight is 708 g/mol. The van der Waals surface area contributed by atoms with E-state index in [1.807, 2.05) is 0 Å². The number of pyridine rings is 1. The minimum absolute atomic E-state index is 0.299. The lowest BCUT2D eigenvalue weighted by Gasteiger charge is -2.46. The van der Waals surface area contributed by atoms with Crippen LogP contribution in [0.1, 0.15) is 56.2 Å². The summed E-state index contributed by atoms with van der Waals surface area (Å²) in [6.45, 7) is 11.2. The second-order valence-corrected chi connectivity index (χ2v) is 13.6. The van der Waals surface area contributed by atoms with Crippen molar-refractivity contribution in [3.63, 3.8) is 0 Å². The molecule has 0 radical (unpaired) electrons. The van der Waals surface area contributed by atoms with Crippen molar-refractivity contribution >= 4 is 34.7 Å². The Morgan fingerprint density at radius 1 is 1.02 bits per heavy atom. The van der Waals surface area contributed by atoms with Crippen molar-refractivity contribution in [2.24, 2.45) is 0 Å². The number of nitrogens with one attached hydrogen (secondary N) is 2. The van der Waals surface area contributed by atoms with Gasteiger partial charge in [-0.2, -0.15) is 18.2 Å². The van der Waals surface area contributed by atoms with Crippen molar-refractivity contribution in [3.05, 3.63) is 66.5 Å². The molecular formula is C36H44F3N9O3. The van der Waals surface area contributed by atoms with Crippen LogP contribution in [0.2, 0.25) is 0 Å². The van der Waals surface area contributed by atoms with Gasteiger partial charge in [0.1, 0.15) is 17.8 Å². The third-order valence-electron chi connectivity index (χ3n) is 10.3. The van der Waals surface area contributed by atoms with Gasteiger partial charge in [0.15, 0.2) is 11.6 Å². The van der Waals surface area contributed by atoms with Gasteiger partial charge in [0.05, 0.1) is 31.0 Å². The van der Waals surface area contributed by atoms with Crippen LogP contribution < -0.4 is 25.3 Å². The lowest BCUT2D eigenvalue weighted by molar-refractivity contribution is -0.137. The smallest absolute Gasteiger partial charge is 0.416 e. The molecule has 3 saturated heterocycles. The molecular weight excluding hydrogens is 663 g/mol. The highest BCUT2D eigenvalue weighted by atomic mass is 19.4. The van der Waals surface area contributed by atoms with Crippen molar-refractivity contribution in [2.45, 2.75) is 69.4 Å². The number of nitrogens with zero attached hydrogens (tertiary/aromatic N) is 7. The Hall–Kier alpha value is -4.47. The van der Waals surface area contributed by atoms with Crippen molar-refractivity contribution in [2.75, 3.05) is 67.0 Å². The number of carbonyl (C=O) groups is 1. The highest BCUT2D eigenvalue weighted by molar-refractivity contribution is 6.01. The van der Waals surface area contributed by atoms with Crippen LogP contribution in [-0.2, 0) is 15.8 Å². The Bertz CT molecular complexity index is 1730. The van der Waals surface area contributed by atoms with E-state index in [4.69, 9.17) is 14.6 Å². The number of rotatable bonds is 10. The van der Waals surface area contributed by atoms with Gasteiger partial charge in [-0.1, -0.05) is 18.7 Å². The van der Waals surface area contributed by atoms with Crippen molar-refractivity contribution in [3.8, 4) is 5.88 Å². The molecule has 4 fully saturated rings. The molecule has 3 aliphatic heterocycles. The summed E-state index contributed by atoms with van der Waals surface area (Å²) in [4.78, 5) is 39.5. The minimum atomic E-state index is -4.46. The van der Waals surface area contributed by atoms with E-state index in [2.05, 4.69) is 48.8 Å². The van der Waals surface area contributed by atoms with E-state index in [9.17, 15) is 18.0 Å². The number of piperidine rings is 1. The van der Waals surface area contributed by atoms with Crippen molar-refractivity contribution in [1.82, 2.24) is 24.8 Å². The summed E-state index contributed by atoms with van der Waals surface area (Å²) in [5, 5.41) is 7.65. The number of alkyl halides is 3. The van der Waals surface area contributed by atoms with Gasteiger partial charge in [-0.3, -0.25) is 19.4 Å². The maximum absolute atomic E-state index is 13.5. The van der Waals surface area contributed by atoms with Crippen LogP contribution in [0.25, 0.3) is 0 Å². The number of methoxy groups -OCH3 is 1. The first-order chi connectivity index (χ1) is 24.6. The van der Waals surface area contributed by atoms with Gasteiger partial charge in [0.25, 0.3) is 0 Å². The number of piperazine rings is 1. The zero-order valence-electron chi connectivity index (χ0n) is 28.9. The van der Waals surface area contributed by atoms with E-state index in [0.29, 0.717) is 65.4 Å². The van der Waals surface area contributed by atoms with E-state index in [1.54, 1.807) is 18.2 Å². The predicted octanol–water partition coefficient (Wildman–Crippen LogP) is 5.79. The summed E-state index contributed by atoms with van der Waals surface area (Å²) in [6.07, 6.45) is 3.21. The average Bonchev–Trinajstić information content (AvgIpc) is 3.86. The summed E-state index contributed by atoms with van der Waals surface area (Å²) in [7, 11) is 1.52. The Morgan fingerprint density at radius 2 is 1.82 bits per heavy atom. The molecule has 15 heteroatoms. The number of benzene rings is 1. The van der Waals surface area contributed by atoms with E-state index in [1.165, 1.54) is 43.5 Å². The van der Waals surface area contributed by atoms with Gasteiger partial charge >= 0.3 is 6.18 Å². The number of anilines is 5. The molecule has 3 aromatic rings. The summed E-state index contributed by atoms with van der Waals surface area (Å²) in [5.74, 6) is 1.26. The van der Waals surface area contributed by atoms with Crippen molar-refractivity contribution < 1.29 is 27.5 Å². The fourth-order valence-electron chi connectivity index (χ4n) is 7.57. The first-order valence-corrected chi connectivity index (χ1v) is 17.6. The maximum Gasteiger partial charge on any atom is 0.416 e. The van der Waals surface area contributed by atoms with Crippen LogP contribution >= 0.6 is 0 Å². The van der Waals surface area contributed by atoms with Crippen LogP contribution in [0.5, 0.6) is 5.88 Å². The largest absolute Gasteiger partial charge is 0.479 e. The first-order valence-electron chi connectivity index (χ1n) is 17.6. The molecule has 2 N–H and O–H groups in total. The molecule has 7 rings (SSSR count). The van der Waals surface area contributed by atoms with Crippen molar-refractivity contribution in [1.29, 1.82) is 0 Å². The van der Waals surface area contributed by atoms with E-state index in [-0.39, 0.29) is 5.91 Å². The highest BCUT2D eigenvalue weighted by Crippen LogP contribution is 2.40. The lowest BCUT2D eigenvalue weighted by atomic mass is 10.0. The van der Waals surface area contributed by atoms with E-state index in [0.717, 1.165) is 63.7 Å². The summed E-state index contributed by atoms with van der Waals surface area (Å²) >= 11 is 0. The van der Waals surface area contributed by atoms with Gasteiger partial charge in [-0.05, 0) is 62.4 Å². The molecule has 1 saturated carbocycles. The standard InChI is InChI=1S/C36H44F3N9O3/c1-4-33(49)43-28-19-29(35(50-3)44-34(28)45-13-10-26(11-14-45)46-15-16-47(23(2)21-46)27-8-9-27)42-31-20-32(41-22-40-31)48-30(12-17-51-48)24-6-5-7-25(18-24)36(37,38)39/h4-7,18-20,22-23,26-27,30H,1,8-17,21H2,2-3H3,(H,43,49)(H,40,41,42)/t23-,30+/m0/s1. The molecule has 0 unspecified atom stereocenters. The second kappa shape index (κ2) is 14.6. The molecule has 2 atom stereocenters. The number of hydrogen-bond acceptors (Lipinski definition) is 11. The van der Waals surface area contributed by atoms with E-state index < -0.39 is 17.8 Å². The molecule has 51 heavy (non-hydrogen) atoms. The molecule has 0 spiro atoms. The van der Waals surface area contributed by atoms with Crippen LogP contribution in [0, 0.1) is 0 Å². The highest BCUT2D eigenvalue weighted by Gasteiger charge is 2.38. The maximum atomic E-state index is 13.5. The number of halogens is 3. The number of hydroxylamine groups is 1. The quantitative estimate of drug-likeness (QED) is 0.250. The topological polar surface area (TPSA) is 111 Å². The molecule has 0 bridgehead atoms. The Morgan fingerprint density at radius 3 is 2.53 bits per heavy atom. The Kier molecular flexibility index (Phi) is 10.0. The van der Waals surface area contributed by atoms with Crippen LogP contribution in [0.3, 0.4) is 0 Å². The van der Waals surface area contributed by atoms with Gasteiger partial charge in [-0.25, -0.2) is 15.0 Å². The molecule has 4 aliphatic rings. The molecule has 1 amide bonds. The zero-order valence-corrected chi connectivity index (χ0v) is 28.9. The third kappa shape index (κ3) is 7.75. The molecule has 5 heterocycles. The number of aromatic nitrogens is 3. The fourth-order valence-corrected chi connectivity index (χ4v) is 7.57. The van der Waals surface area contributed by atoms with E-state index >= 15 is 0 Å². The summed E-state index contributed by atoms with van der Waals surface area (Å²) in [5.41, 5.74) is 0.685. The number of hydrogen-bond donors (Lipinski definition) is 2. The van der Waals surface area contributed by atoms with Crippen LogP contribution in [0.4, 0.5) is 42.0 Å². The molecule has 2 aromatic heterocycles. The van der Waals surface area contributed by atoms with Gasteiger partial charge in [-0.15, -0.1) is 0 Å². The molecule has 1 aliphatic carbocycles. The predicted molar refractivity (Wildman–Crippen MR) is 188 cm³/mol. The van der Waals surface area contributed by atoms with Gasteiger partial charge in [0, 0.05) is 63.3 Å². The van der Waals surface area contributed by atoms with Gasteiger partial charge in [0.2, 0.25) is 11.8 Å². The van der Waals surface area contributed by atoms with Crippen LogP contribution in [-0.4, -0.2) is 95.2 Å². The fraction of sp³-hybridized carbons (Fsp3) is 0.500. The summed E-state index contributed by atoms with van der Waals surface area (Å²) < 4.78 is 46.1. The Balaban J connectivity index is 1.08. The molecule has 1 aromatic carbocycles. The first kappa shape index (κ1) is 35.0. The molecule has 12 nitrogen and oxygen atoms in total. The number of ether oxygens (including phenoxy) is 1. The number of amides is 1. The monoisotopic (exact) mass is 707 g/mol. The summed E-state index contributed by atoms with van der Waals surface area (Å²) in [6, 6.07) is 10.0. The third-order valence-corrected chi connectivity index (χ3v) is 10.3. The SMILES string of the molecule is C=CC(=O)Nc1cc(Nc2cc(N3OCC[C@@H]3c3cccc(C(F)(F)F)c3)ncn2)c(OC)nc1N1CCC(N2CCN(C3CC3)[C@@H](C)C2)CC1. The lowest BCUT2D eigenvalue weighted by Crippen LogP contribution is -2.57. The zero-order chi connectivity index (χ0) is 35.7. The number of carbonyl (C=O) groups excluding carboxylic acids is 1. The second-order valence-electron chi connectivity index (χ2n) is 13.6. The van der Waals surface area contributed by atoms with Gasteiger partial charge < -0.3 is 20.3 Å². The van der Waals surface area contributed by atoms with Crippen LogP contribution in [0.15, 0.2) is 55.4 Å².